The molecule has 0 aliphatic heterocycles. The van der Waals surface area contributed by atoms with Gasteiger partial charge in [0.1, 0.15) is 21.5 Å². The molecule has 2 N–H and O–H groups in total. The van der Waals surface area contributed by atoms with Crippen LogP contribution in [0.1, 0.15) is 31.1 Å². The number of halogens is 2. The Morgan fingerprint density at radius 3 is 2.44 bits per heavy atom. The Bertz CT molecular complexity index is 404. The molecule has 1 rings (SSSR count). The number of nitrogen functional groups attached to an aromatic ring is 1. The highest BCUT2D eigenvalue weighted by atomic mass is 35.5. The predicted octanol–water partition coefficient (Wildman–Crippen LogP) is 2.93. The van der Waals surface area contributed by atoms with E-state index in [1.807, 2.05) is 0 Å². The van der Waals surface area contributed by atoms with Gasteiger partial charge in [0.05, 0.1) is 5.69 Å². The normalized spacial score (nSPS) is 11.3. The number of pyridine rings is 1. The van der Waals surface area contributed by atoms with E-state index in [2.05, 4.69) is 4.98 Å². The van der Waals surface area contributed by atoms with Crippen LogP contribution in [-0.2, 0) is 4.74 Å². The summed E-state index contributed by atoms with van der Waals surface area (Å²) in [6.07, 6.45) is 0. The van der Waals surface area contributed by atoms with Crippen LogP contribution < -0.4 is 5.73 Å². The lowest BCUT2D eigenvalue weighted by Crippen LogP contribution is -2.24. The Labute approximate surface area is 104 Å². The number of aromatic nitrogens is 1. The molecule has 16 heavy (non-hydrogen) atoms. The molecule has 6 heteroatoms. The van der Waals surface area contributed by atoms with Crippen molar-refractivity contribution in [2.24, 2.45) is 0 Å². The van der Waals surface area contributed by atoms with Crippen LogP contribution in [-0.4, -0.2) is 16.6 Å². The number of rotatable bonds is 1. The van der Waals surface area contributed by atoms with Crippen molar-refractivity contribution in [1.29, 1.82) is 0 Å². The molecule has 0 saturated carbocycles. The molecule has 0 radical (unpaired) electrons. The van der Waals surface area contributed by atoms with Gasteiger partial charge in [-0.2, -0.15) is 0 Å². The van der Waals surface area contributed by atoms with Crippen LogP contribution in [0.15, 0.2) is 6.07 Å². The summed E-state index contributed by atoms with van der Waals surface area (Å²) in [5.41, 5.74) is 5.21. The van der Waals surface area contributed by atoms with Crippen LogP contribution in [0.5, 0.6) is 0 Å². The van der Waals surface area contributed by atoms with Gasteiger partial charge in [-0.1, -0.05) is 23.2 Å². The SMILES string of the molecule is CC(C)(C)OC(=O)c1c(N)cc(Cl)nc1Cl. The molecular weight excluding hydrogens is 251 g/mol. The van der Waals surface area contributed by atoms with Gasteiger partial charge in [-0.25, -0.2) is 9.78 Å². The minimum absolute atomic E-state index is 0.0426. The summed E-state index contributed by atoms with van der Waals surface area (Å²) >= 11 is 11.4. The number of hydrogen-bond donors (Lipinski definition) is 1. The number of ether oxygens (including phenoxy) is 1. The Morgan fingerprint density at radius 1 is 1.44 bits per heavy atom. The zero-order valence-corrected chi connectivity index (χ0v) is 10.7. The van der Waals surface area contributed by atoms with Crippen LogP contribution in [0.25, 0.3) is 0 Å². The Hall–Kier alpha value is -1.00. The van der Waals surface area contributed by atoms with Crippen molar-refractivity contribution in [3.05, 3.63) is 21.9 Å². The predicted molar refractivity (Wildman–Crippen MR) is 63.8 cm³/mol. The fraction of sp³-hybridized carbons (Fsp3) is 0.400. The second-order valence-corrected chi connectivity index (χ2v) is 4.95. The molecule has 4 nitrogen and oxygen atoms in total. The highest BCUT2D eigenvalue weighted by Crippen LogP contribution is 2.26. The third-order valence-electron chi connectivity index (χ3n) is 1.58. The van der Waals surface area contributed by atoms with Crippen molar-refractivity contribution < 1.29 is 9.53 Å². The van der Waals surface area contributed by atoms with Crippen molar-refractivity contribution >= 4 is 34.9 Å². The Kier molecular flexibility index (Phi) is 3.65. The molecule has 0 aliphatic rings. The summed E-state index contributed by atoms with van der Waals surface area (Å²) in [6.45, 7) is 5.25. The van der Waals surface area contributed by atoms with Crippen molar-refractivity contribution in [3.8, 4) is 0 Å². The molecule has 0 aromatic carbocycles. The first-order valence-corrected chi connectivity index (χ1v) is 5.31. The third-order valence-corrected chi connectivity index (χ3v) is 2.04. The molecule has 0 atom stereocenters. The van der Waals surface area contributed by atoms with Crippen LogP contribution >= 0.6 is 23.2 Å². The topological polar surface area (TPSA) is 65.2 Å². The average molecular weight is 263 g/mol. The van der Waals surface area contributed by atoms with Crippen LogP contribution in [0.4, 0.5) is 5.69 Å². The fourth-order valence-corrected chi connectivity index (χ4v) is 1.56. The molecule has 1 aromatic rings. The fourth-order valence-electron chi connectivity index (χ4n) is 1.03. The number of nitrogens with zero attached hydrogens (tertiary/aromatic N) is 1. The van der Waals surface area contributed by atoms with E-state index < -0.39 is 11.6 Å². The number of nitrogens with two attached hydrogens (primary N) is 1. The molecule has 1 aromatic heterocycles. The highest BCUT2D eigenvalue weighted by molar-refractivity contribution is 6.35. The number of carbonyl (C=O) groups excluding carboxylic acids is 1. The monoisotopic (exact) mass is 262 g/mol. The molecule has 0 unspecified atom stereocenters. The summed E-state index contributed by atoms with van der Waals surface area (Å²) < 4.78 is 5.14. The molecule has 0 fully saturated rings. The van der Waals surface area contributed by atoms with Gasteiger partial charge in [0.25, 0.3) is 0 Å². The van der Waals surface area contributed by atoms with E-state index >= 15 is 0 Å². The molecule has 0 spiro atoms. The Balaban J connectivity index is 3.10. The zero-order chi connectivity index (χ0) is 12.5. The maximum Gasteiger partial charge on any atom is 0.343 e. The minimum Gasteiger partial charge on any atom is -0.456 e. The molecular formula is C10H12Cl2N2O2. The minimum atomic E-state index is -0.619. The van der Waals surface area contributed by atoms with Gasteiger partial charge < -0.3 is 10.5 Å². The summed E-state index contributed by atoms with van der Waals surface area (Å²) in [5.74, 6) is -0.612. The number of hydrogen-bond acceptors (Lipinski definition) is 4. The first kappa shape index (κ1) is 13.1. The first-order chi connectivity index (χ1) is 7.20. The summed E-state index contributed by atoms with van der Waals surface area (Å²) in [7, 11) is 0. The van der Waals surface area contributed by atoms with Crippen molar-refractivity contribution in [1.82, 2.24) is 4.98 Å². The quantitative estimate of drug-likeness (QED) is 0.625. The van der Waals surface area contributed by atoms with Gasteiger partial charge in [0.15, 0.2) is 0 Å². The van der Waals surface area contributed by atoms with E-state index in [0.29, 0.717) is 0 Å². The summed E-state index contributed by atoms with van der Waals surface area (Å²) in [4.78, 5) is 15.5. The lowest BCUT2D eigenvalue weighted by molar-refractivity contribution is 0.00706. The lowest BCUT2D eigenvalue weighted by Gasteiger charge is -2.20. The van der Waals surface area contributed by atoms with Crippen molar-refractivity contribution in [2.75, 3.05) is 5.73 Å². The second-order valence-electron chi connectivity index (χ2n) is 4.20. The van der Waals surface area contributed by atoms with Crippen LogP contribution in [0.3, 0.4) is 0 Å². The molecule has 1 heterocycles. The number of anilines is 1. The lowest BCUT2D eigenvalue weighted by atomic mass is 10.2. The third kappa shape index (κ3) is 3.25. The maximum absolute atomic E-state index is 11.7. The van der Waals surface area contributed by atoms with Gasteiger partial charge in [0, 0.05) is 0 Å². The van der Waals surface area contributed by atoms with Gasteiger partial charge in [-0.15, -0.1) is 0 Å². The number of esters is 1. The molecule has 88 valence electrons. The Morgan fingerprint density at radius 2 is 2.00 bits per heavy atom. The van der Waals surface area contributed by atoms with E-state index in [1.54, 1.807) is 20.8 Å². The van der Waals surface area contributed by atoms with Gasteiger partial charge in [0.2, 0.25) is 0 Å². The smallest absolute Gasteiger partial charge is 0.343 e. The van der Waals surface area contributed by atoms with E-state index in [9.17, 15) is 4.79 Å². The molecule has 0 amide bonds. The van der Waals surface area contributed by atoms with Gasteiger partial charge in [-0.05, 0) is 26.8 Å². The molecule has 0 saturated heterocycles. The zero-order valence-electron chi connectivity index (χ0n) is 9.17. The van der Waals surface area contributed by atoms with E-state index in [1.165, 1.54) is 6.07 Å². The van der Waals surface area contributed by atoms with E-state index in [-0.39, 0.29) is 21.6 Å². The van der Waals surface area contributed by atoms with E-state index in [4.69, 9.17) is 33.7 Å². The standard InChI is InChI=1S/C10H12Cl2N2O2/c1-10(2,3)16-9(15)7-5(13)4-6(11)14-8(7)12/h4H,1-3H3,(H2,13,14). The largest absolute Gasteiger partial charge is 0.456 e. The molecule has 0 aliphatic carbocycles. The van der Waals surface area contributed by atoms with Crippen molar-refractivity contribution in [3.63, 3.8) is 0 Å². The van der Waals surface area contributed by atoms with Crippen LogP contribution in [0, 0.1) is 0 Å². The van der Waals surface area contributed by atoms with E-state index in [0.717, 1.165) is 0 Å². The summed E-state index contributed by atoms with van der Waals surface area (Å²) in [5, 5.41) is 0.0778. The maximum atomic E-state index is 11.7. The number of carbonyl (C=O) groups is 1. The summed E-state index contributed by atoms with van der Waals surface area (Å²) in [6, 6.07) is 1.35. The second kappa shape index (κ2) is 4.47. The van der Waals surface area contributed by atoms with Gasteiger partial charge >= 0.3 is 5.97 Å². The van der Waals surface area contributed by atoms with Gasteiger partial charge in [-0.3, -0.25) is 0 Å². The molecule has 0 bridgehead atoms. The van der Waals surface area contributed by atoms with Crippen molar-refractivity contribution in [2.45, 2.75) is 26.4 Å². The highest BCUT2D eigenvalue weighted by Gasteiger charge is 2.23. The first-order valence-electron chi connectivity index (χ1n) is 4.55. The average Bonchev–Trinajstić information content (AvgIpc) is 1.96. The van der Waals surface area contributed by atoms with Crippen LogP contribution in [0.2, 0.25) is 10.3 Å².